The van der Waals surface area contributed by atoms with Crippen LogP contribution >= 0.6 is 11.6 Å². The second kappa shape index (κ2) is 14.0. The Hall–Kier alpha value is -3.31. The molecule has 0 atom stereocenters. The van der Waals surface area contributed by atoms with E-state index in [-0.39, 0.29) is 5.91 Å². The zero-order chi connectivity index (χ0) is 26.7. The molecule has 3 aromatic carbocycles. The van der Waals surface area contributed by atoms with Crippen LogP contribution in [0.4, 0.5) is 0 Å². The van der Waals surface area contributed by atoms with Crippen molar-refractivity contribution < 1.29 is 9.53 Å². The fourth-order valence-corrected chi connectivity index (χ4v) is 4.96. The van der Waals surface area contributed by atoms with E-state index in [0.29, 0.717) is 29.7 Å². The molecule has 1 heterocycles. The molecule has 1 aromatic heterocycles. The molecule has 0 aliphatic rings. The largest absolute Gasteiger partial charge is 0.493 e. The maximum Gasteiger partial charge on any atom is 0.252 e. The number of amides is 1. The lowest BCUT2D eigenvalue weighted by Gasteiger charge is -2.14. The lowest BCUT2D eigenvalue weighted by molar-refractivity contribution is 0.0953. The zero-order valence-electron chi connectivity index (χ0n) is 22.5. The Bertz CT molecular complexity index is 1330. The standard InChI is InChI=1S/C32H38ClN3O2/c1-24(2)25-14-6-10-19-30(25)38-23-13-12-22-36-29-18-9-8-17-28(29)35-31(36)20-4-3-11-21-34-32(37)26-15-5-7-16-27(26)33/h5-10,14-19,24H,3-4,11-13,20-23H2,1-2H3,(H,34,37). The van der Waals surface area contributed by atoms with Crippen LogP contribution in [0.2, 0.25) is 5.02 Å². The number of nitrogens with zero attached hydrogens (tertiary/aromatic N) is 2. The summed E-state index contributed by atoms with van der Waals surface area (Å²) in [5.74, 6) is 2.47. The van der Waals surface area contributed by atoms with E-state index in [0.717, 1.165) is 62.2 Å². The molecule has 0 aliphatic heterocycles. The molecule has 6 heteroatoms. The maximum absolute atomic E-state index is 12.3. The van der Waals surface area contributed by atoms with Gasteiger partial charge in [0.15, 0.2) is 0 Å². The minimum atomic E-state index is -0.117. The number of nitrogens with one attached hydrogen (secondary N) is 1. The minimum absolute atomic E-state index is 0.117. The molecule has 0 bridgehead atoms. The average Bonchev–Trinajstić information content (AvgIpc) is 3.28. The van der Waals surface area contributed by atoms with E-state index in [2.05, 4.69) is 60.1 Å². The number of hydrogen-bond acceptors (Lipinski definition) is 3. The van der Waals surface area contributed by atoms with Crippen molar-refractivity contribution >= 4 is 28.5 Å². The Labute approximate surface area is 231 Å². The van der Waals surface area contributed by atoms with Crippen LogP contribution in [0.25, 0.3) is 11.0 Å². The van der Waals surface area contributed by atoms with Crippen molar-refractivity contribution in [3.63, 3.8) is 0 Å². The smallest absolute Gasteiger partial charge is 0.252 e. The first-order chi connectivity index (χ1) is 18.5. The zero-order valence-corrected chi connectivity index (χ0v) is 23.2. The molecule has 0 saturated heterocycles. The number of ether oxygens (including phenoxy) is 1. The number of unbranched alkanes of at least 4 members (excludes halogenated alkanes) is 3. The quantitative estimate of drug-likeness (QED) is 0.169. The van der Waals surface area contributed by atoms with E-state index in [4.69, 9.17) is 21.3 Å². The Balaban J connectivity index is 1.23. The summed E-state index contributed by atoms with van der Waals surface area (Å²) < 4.78 is 8.50. The van der Waals surface area contributed by atoms with E-state index in [1.807, 2.05) is 24.3 Å². The van der Waals surface area contributed by atoms with E-state index < -0.39 is 0 Å². The number of imidazole rings is 1. The van der Waals surface area contributed by atoms with Crippen molar-refractivity contribution in [1.29, 1.82) is 0 Å². The number of aryl methyl sites for hydroxylation is 2. The van der Waals surface area contributed by atoms with Gasteiger partial charge in [-0.05, 0) is 67.5 Å². The fraction of sp³-hybridized carbons (Fsp3) is 0.375. The van der Waals surface area contributed by atoms with Crippen LogP contribution in [-0.2, 0) is 13.0 Å². The summed E-state index contributed by atoms with van der Waals surface area (Å²) in [5, 5.41) is 3.46. The van der Waals surface area contributed by atoms with Crippen molar-refractivity contribution in [2.45, 2.75) is 64.8 Å². The van der Waals surface area contributed by atoms with Gasteiger partial charge in [-0.25, -0.2) is 4.98 Å². The van der Waals surface area contributed by atoms with Crippen LogP contribution < -0.4 is 10.1 Å². The molecule has 5 nitrogen and oxygen atoms in total. The number of benzene rings is 3. The molecule has 0 unspecified atom stereocenters. The van der Waals surface area contributed by atoms with Gasteiger partial charge in [-0.15, -0.1) is 0 Å². The second-order valence-electron chi connectivity index (χ2n) is 9.96. The topological polar surface area (TPSA) is 56.1 Å². The summed E-state index contributed by atoms with van der Waals surface area (Å²) in [4.78, 5) is 17.3. The van der Waals surface area contributed by atoms with Crippen LogP contribution in [0.15, 0.2) is 72.8 Å². The number of halogens is 1. The van der Waals surface area contributed by atoms with E-state index in [9.17, 15) is 4.79 Å². The van der Waals surface area contributed by atoms with E-state index >= 15 is 0 Å². The fourth-order valence-electron chi connectivity index (χ4n) is 4.74. The van der Waals surface area contributed by atoms with Gasteiger partial charge >= 0.3 is 0 Å². The van der Waals surface area contributed by atoms with Crippen molar-refractivity contribution in [2.75, 3.05) is 13.2 Å². The molecular weight excluding hydrogens is 494 g/mol. The van der Waals surface area contributed by atoms with Crippen LogP contribution in [0.1, 0.15) is 73.6 Å². The molecular formula is C32H38ClN3O2. The Morgan fingerprint density at radius 2 is 1.68 bits per heavy atom. The minimum Gasteiger partial charge on any atom is -0.493 e. The highest BCUT2D eigenvalue weighted by molar-refractivity contribution is 6.33. The first kappa shape index (κ1) is 27.7. The van der Waals surface area contributed by atoms with Crippen molar-refractivity contribution in [3.05, 3.63) is 94.8 Å². The first-order valence-electron chi connectivity index (χ1n) is 13.7. The van der Waals surface area contributed by atoms with Crippen LogP contribution in [0, 0.1) is 0 Å². The normalized spacial score (nSPS) is 11.3. The number of rotatable bonds is 14. The van der Waals surface area contributed by atoms with Gasteiger partial charge in [0, 0.05) is 19.5 Å². The maximum atomic E-state index is 12.3. The Morgan fingerprint density at radius 3 is 2.53 bits per heavy atom. The molecule has 0 spiro atoms. The molecule has 200 valence electrons. The number of carbonyl (C=O) groups excluding carboxylic acids is 1. The molecule has 0 fully saturated rings. The predicted molar refractivity (Wildman–Crippen MR) is 156 cm³/mol. The highest BCUT2D eigenvalue weighted by Gasteiger charge is 2.12. The molecule has 1 amide bonds. The van der Waals surface area contributed by atoms with Crippen LogP contribution in [-0.4, -0.2) is 28.6 Å². The monoisotopic (exact) mass is 531 g/mol. The predicted octanol–water partition coefficient (Wildman–Crippen LogP) is 7.82. The SMILES string of the molecule is CC(C)c1ccccc1OCCCCn1c(CCCCCNC(=O)c2ccccc2Cl)nc2ccccc21. The molecule has 0 aliphatic carbocycles. The molecule has 4 rings (SSSR count). The third-order valence-corrected chi connectivity index (χ3v) is 7.12. The summed E-state index contributed by atoms with van der Waals surface area (Å²) in [6, 6.07) is 23.8. The summed E-state index contributed by atoms with van der Waals surface area (Å²) in [5.41, 5.74) is 4.04. The van der Waals surface area contributed by atoms with E-state index in [1.165, 1.54) is 11.1 Å². The van der Waals surface area contributed by atoms with Gasteiger partial charge in [0.05, 0.1) is 28.2 Å². The van der Waals surface area contributed by atoms with Crippen molar-refractivity contribution in [2.24, 2.45) is 0 Å². The summed E-state index contributed by atoms with van der Waals surface area (Å²) in [6.45, 7) is 6.68. The highest BCUT2D eigenvalue weighted by Crippen LogP contribution is 2.26. The average molecular weight is 532 g/mol. The summed E-state index contributed by atoms with van der Waals surface area (Å²) >= 11 is 6.12. The van der Waals surface area contributed by atoms with E-state index in [1.54, 1.807) is 12.1 Å². The third-order valence-electron chi connectivity index (χ3n) is 6.79. The van der Waals surface area contributed by atoms with Crippen LogP contribution in [0.5, 0.6) is 5.75 Å². The first-order valence-corrected chi connectivity index (χ1v) is 14.1. The van der Waals surface area contributed by atoms with Crippen molar-refractivity contribution in [3.8, 4) is 5.75 Å². The summed E-state index contributed by atoms with van der Waals surface area (Å²) in [6.07, 6.45) is 5.92. The van der Waals surface area contributed by atoms with Crippen molar-refractivity contribution in [1.82, 2.24) is 14.9 Å². The molecule has 0 saturated carbocycles. The third kappa shape index (κ3) is 7.38. The number of aromatic nitrogens is 2. The number of fused-ring (bicyclic) bond motifs is 1. The highest BCUT2D eigenvalue weighted by atomic mass is 35.5. The molecule has 38 heavy (non-hydrogen) atoms. The van der Waals surface area contributed by atoms with Gasteiger partial charge in [0.25, 0.3) is 5.91 Å². The number of hydrogen-bond donors (Lipinski definition) is 1. The van der Waals surface area contributed by atoms with Gasteiger partial charge in [-0.1, -0.05) is 74.3 Å². The van der Waals surface area contributed by atoms with Crippen LogP contribution in [0.3, 0.4) is 0 Å². The van der Waals surface area contributed by atoms with Gasteiger partial charge in [-0.3, -0.25) is 4.79 Å². The Morgan fingerprint density at radius 1 is 0.921 bits per heavy atom. The summed E-state index contributed by atoms with van der Waals surface area (Å²) in [7, 11) is 0. The number of para-hydroxylation sites is 3. The van der Waals surface area contributed by atoms with Gasteiger partial charge in [0.2, 0.25) is 0 Å². The molecule has 4 aromatic rings. The lowest BCUT2D eigenvalue weighted by atomic mass is 10.0. The lowest BCUT2D eigenvalue weighted by Crippen LogP contribution is -2.24. The number of carbonyl (C=O) groups is 1. The molecule has 1 N–H and O–H groups in total. The van der Waals surface area contributed by atoms with Gasteiger partial charge in [0.1, 0.15) is 11.6 Å². The Kier molecular flexibility index (Phi) is 10.2. The van der Waals surface area contributed by atoms with Gasteiger partial charge in [-0.2, -0.15) is 0 Å². The second-order valence-corrected chi connectivity index (χ2v) is 10.4. The molecule has 0 radical (unpaired) electrons. The van der Waals surface area contributed by atoms with Gasteiger partial charge < -0.3 is 14.6 Å².